The highest BCUT2D eigenvalue weighted by Gasteiger charge is 2.28. The van der Waals surface area contributed by atoms with Crippen molar-refractivity contribution in [3.8, 4) is 17.1 Å². The van der Waals surface area contributed by atoms with Gasteiger partial charge in [-0.1, -0.05) is 31.0 Å². The van der Waals surface area contributed by atoms with Gasteiger partial charge in [0.1, 0.15) is 0 Å². The van der Waals surface area contributed by atoms with Crippen molar-refractivity contribution in [2.24, 2.45) is 0 Å². The monoisotopic (exact) mass is 433 g/mol. The number of nitrogens with zero attached hydrogens (tertiary/aromatic N) is 5. The van der Waals surface area contributed by atoms with E-state index in [0.29, 0.717) is 25.3 Å². The molecule has 168 valence electrons. The number of unbranched alkanes of at least 4 members (excludes halogenated alkanes) is 1. The highest BCUT2D eigenvalue weighted by molar-refractivity contribution is 5.76. The number of benzene rings is 1. The summed E-state index contributed by atoms with van der Waals surface area (Å²) in [6.45, 7) is 7.44. The van der Waals surface area contributed by atoms with Crippen LogP contribution in [0, 0.1) is 13.8 Å². The number of rotatable bonds is 6. The SMILES string of the molecule is CCCCC(=O)N1CCC(n2nc(-c3ccncc3C)n(-c3ccc(C)cc3)c2=O)CC1. The molecule has 0 unspecified atom stereocenters. The van der Waals surface area contributed by atoms with Crippen LogP contribution in [-0.4, -0.2) is 43.2 Å². The van der Waals surface area contributed by atoms with Gasteiger partial charge >= 0.3 is 5.69 Å². The lowest BCUT2D eigenvalue weighted by atomic mass is 10.0. The summed E-state index contributed by atoms with van der Waals surface area (Å²) in [4.78, 5) is 32.1. The van der Waals surface area contributed by atoms with Crippen molar-refractivity contribution in [1.82, 2.24) is 24.2 Å². The van der Waals surface area contributed by atoms with Gasteiger partial charge in [-0.05, 0) is 56.9 Å². The lowest BCUT2D eigenvalue weighted by Gasteiger charge is -2.31. The van der Waals surface area contributed by atoms with Crippen molar-refractivity contribution in [1.29, 1.82) is 0 Å². The topological polar surface area (TPSA) is 73.0 Å². The maximum atomic E-state index is 13.6. The molecule has 32 heavy (non-hydrogen) atoms. The quantitative estimate of drug-likeness (QED) is 0.587. The maximum Gasteiger partial charge on any atom is 0.351 e. The van der Waals surface area contributed by atoms with Crippen LogP contribution in [0.15, 0.2) is 47.5 Å². The Bertz CT molecular complexity index is 1140. The van der Waals surface area contributed by atoms with Gasteiger partial charge < -0.3 is 4.90 Å². The molecule has 1 aliphatic rings. The van der Waals surface area contributed by atoms with Gasteiger partial charge in [-0.2, -0.15) is 0 Å². The molecule has 4 rings (SSSR count). The molecule has 0 aliphatic carbocycles. The van der Waals surface area contributed by atoms with Gasteiger partial charge in [0.2, 0.25) is 5.91 Å². The molecule has 7 heteroatoms. The number of piperidine rings is 1. The number of hydrogen-bond donors (Lipinski definition) is 0. The van der Waals surface area contributed by atoms with Crippen molar-refractivity contribution in [2.75, 3.05) is 13.1 Å². The first-order valence-corrected chi connectivity index (χ1v) is 11.5. The largest absolute Gasteiger partial charge is 0.351 e. The molecule has 2 aromatic heterocycles. The third-order valence-corrected chi connectivity index (χ3v) is 6.26. The molecule has 0 bridgehead atoms. The molecule has 0 radical (unpaired) electrons. The summed E-state index contributed by atoms with van der Waals surface area (Å²) in [7, 11) is 0. The normalized spacial score (nSPS) is 14.7. The Hall–Kier alpha value is -3.22. The van der Waals surface area contributed by atoms with Crippen molar-refractivity contribution < 1.29 is 4.79 Å². The number of pyridine rings is 1. The summed E-state index contributed by atoms with van der Waals surface area (Å²) >= 11 is 0. The van der Waals surface area contributed by atoms with Crippen molar-refractivity contribution in [3.05, 3.63) is 64.3 Å². The number of aryl methyl sites for hydroxylation is 2. The number of hydrogen-bond acceptors (Lipinski definition) is 4. The van der Waals surface area contributed by atoms with E-state index in [-0.39, 0.29) is 17.6 Å². The van der Waals surface area contributed by atoms with Crippen LogP contribution in [0.5, 0.6) is 0 Å². The van der Waals surface area contributed by atoms with Crippen LogP contribution in [0.25, 0.3) is 17.1 Å². The fraction of sp³-hybridized carbons (Fsp3) is 0.440. The molecule has 3 heterocycles. The van der Waals surface area contributed by atoms with Crippen LogP contribution in [0.1, 0.15) is 56.2 Å². The maximum absolute atomic E-state index is 13.6. The summed E-state index contributed by atoms with van der Waals surface area (Å²) in [6.07, 6.45) is 7.53. The number of aromatic nitrogens is 4. The fourth-order valence-electron chi connectivity index (χ4n) is 4.29. The van der Waals surface area contributed by atoms with Gasteiger partial charge in [-0.3, -0.25) is 9.78 Å². The highest BCUT2D eigenvalue weighted by Crippen LogP contribution is 2.26. The van der Waals surface area contributed by atoms with Crippen LogP contribution < -0.4 is 5.69 Å². The Morgan fingerprint density at radius 2 is 1.81 bits per heavy atom. The minimum atomic E-state index is -0.143. The van der Waals surface area contributed by atoms with Crippen molar-refractivity contribution in [2.45, 2.75) is 58.9 Å². The fourth-order valence-corrected chi connectivity index (χ4v) is 4.29. The molecule has 0 atom stereocenters. The Morgan fingerprint density at radius 3 is 2.47 bits per heavy atom. The van der Waals surface area contributed by atoms with E-state index in [4.69, 9.17) is 5.10 Å². The minimum absolute atomic E-state index is 0.0229. The van der Waals surface area contributed by atoms with Gasteiger partial charge in [0, 0.05) is 37.5 Å². The summed E-state index contributed by atoms with van der Waals surface area (Å²) in [5.41, 5.74) is 3.65. The van der Waals surface area contributed by atoms with Gasteiger partial charge in [-0.25, -0.2) is 14.0 Å². The molecule has 7 nitrogen and oxygen atoms in total. The summed E-state index contributed by atoms with van der Waals surface area (Å²) in [6, 6.07) is 9.80. The number of carbonyl (C=O) groups excluding carboxylic acids is 1. The van der Waals surface area contributed by atoms with E-state index in [0.717, 1.165) is 48.1 Å². The first-order chi connectivity index (χ1) is 15.5. The van der Waals surface area contributed by atoms with Gasteiger partial charge in [-0.15, -0.1) is 5.10 Å². The number of amides is 1. The first kappa shape index (κ1) is 22.0. The van der Waals surface area contributed by atoms with E-state index >= 15 is 0 Å². The Kier molecular flexibility index (Phi) is 6.53. The van der Waals surface area contributed by atoms with Crippen LogP contribution >= 0.6 is 0 Å². The van der Waals surface area contributed by atoms with Crippen LogP contribution in [0.3, 0.4) is 0 Å². The lowest BCUT2D eigenvalue weighted by molar-refractivity contribution is -0.132. The van der Waals surface area contributed by atoms with E-state index in [1.165, 1.54) is 0 Å². The van der Waals surface area contributed by atoms with E-state index in [9.17, 15) is 9.59 Å². The van der Waals surface area contributed by atoms with Crippen LogP contribution in [0.4, 0.5) is 0 Å². The molecule has 1 aliphatic heterocycles. The number of carbonyl (C=O) groups is 1. The lowest BCUT2D eigenvalue weighted by Crippen LogP contribution is -2.41. The minimum Gasteiger partial charge on any atom is -0.343 e. The van der Waals surface area contributed by atoms with E-state index < -0.39 is 0 Å². The third kappa shape index (κ3) is 4.38. The average Bonchev–Trinajstić information content (AvgIpc) is 3.15. The molecule has 1 saturated heterocycles. The molecule has 1 amide bonds. The molecule has 1 fully saturated rings. The second-order valence-corrected chi connectivity index (χ2v) is 8.63. The molecule has 3 aromatic rings. The molecule has 0 spiro atoms. The summed E-state index contributed by atoms with van der Waals surface area (Å²) in [5, 5.41) is 4.82. The molecular formula is C25H31N5O2. The summed E-state index contributed by atoms with van der Waals surface area (Å²) < 4.78 is 3.32. The van der Waals surface area contributed by atoms with E-state index in [1.807, 2.05) is 49.1 Å². The highest BCUT2D eigenvalue weighted by atomic mass is 16.2. The van der Waals surface area contributed by atoms with E-state index in [2.05, 4.69) is 11.9 Å². The first-order valence-electron chi connectivity index (χ1n) is 11.5. The predicted molar refractivity (Wildman–Crippen MR) is 125 cm³/mol. The smallest absolute Gasteiger partial charge is 0.343 e. The average molecular weight is 434 g/mol. The Morgan fingerprint density at radius 1 is 1.09 bits per heavy atom. The van der Waals surface area contributed by atoms with Crippen molar-refractivity contribution >= 4 is 5.91 Å². The van der Waals surface area contributed by atoms with Crippen LogP contribution in [-0.2, 0) is 4.79 Å². The van der Waals surface area contributed by atoms with Gasteiger partial charge in [0.25, 0.3) is 0 Å². The Labute approximate surface area is 188 Å². The molecule has 1 aromatic carbocycles. The van der Waals surface area contributed by atoms with Gasteiger partial charge in [0.05, 0.1) is 11.7 Å². The second-order valence-electron chi connectivity index (χ2n) is 8.63. The molecule has 0 saturated carbocycles. The zero-order valence-electron chi connectivity index (χ0n) is 19.1. The van der Waals surface area contributed by atoms with E-state index in [1.54, 1.807) is 21.6 Å². The zero-order chi connectivity index (χ0) is 22.7. The zero-order valence-corrected chi connectivity index (χ0v) is 19.1. The molecular weight excluding hydrogens is 402 g/mol. The Balaban J connectivity index is 1.68. The summed E-state index contributed by atoms with van der Waals surface area (Å²) in [5.74, 6) is 0.844. The molecule has 0 N–H and O–H groups in total. The second kappa shape index (κ2) is 9.51. The van der Waals surface area contributed by atoms with Crippen LogP contribution in [0.2, 0.25) is 0 Å². The van der Waals surface area contributed by atoms with Crippen molar-refractivity contribution in [3.63, 3.8) is 0 Å². The predicted octanol–water partition coefficient (Wildman–Crippen LogP) is 4.07. The third-order valence-electron chi connectivity index (χ3n) is 6.26. The van der Waals surface area contributed by atoms with Gasteiger partial charge in [0.15, 0.2) is 5.82 Å². The number of likely N-dealkylation sites (tertiary alicyclic amines) is 1. The standard InChI is InChI=1S/C25H31N5O2/c1-4-5-6-23(31)28-15-12-21(13-16-28)30-25(32)29(20-9-7-18(2)8-10-20)24(27-30)22-11-14-26-17-19(22)3/h7-11,14,17,21H,4-6,12-13,15-16H2,1-3H3.